The number of amides is 2. The van der Waals surface area contributed by atoms with Crippen LogP contribution in [0.15, 0.2) is 24.3 Å². The van der Waals surface area contributed by atoms with Crippen LogP contribution in [-0.4, -0.2) is 37.0 Å². The van der Waals surface area contributed by atoms with Crippen molar-refractivity contribution in [2.45, 2.75) is 20.5 Å². The Morgan fingerprint density at radius 2 is 1.89 bits per heavy atom. The van der Waals surface area contributed by atoms with E-state index >= 15 is 0 Å². The van der Waals surface area contributed by atoms with Crippen LogP contribution in [0.3, 0.4) is 0 Å². The molecule has 1 aromatic rings. The molecule has 1 aromatic carbocycles. The minimum Gasteiger partial charge on any atom is -0.445 e. The number of likely N-dealkylation sites (N-methyl/N-ethyl adjacent to an activating group) is 1. The normalized spacial score (nSPS) is 9.84. The summed E-state index contributed by atoms with van der Waals surface area (Å²) in [6, 6.07) is 7.81. The Hall–Kier alpha value is -2.04. The summed E-state index contributed by atoms with van der Waals surface area (Å²) >= 11 is 0. The van der Waals surface area contributed by atoms with E-state index in [1.165, 1.54) is 17.4 Å². The van der Waals surface area contributed by atoms with Crippen molar-refractivity contribution in [3.63, 3.8) is 0 Å². The predicted octanol–water partition coefficient (Wildman–Crippen LogP) is 1.70. The zero-order valence-electron chi connectivity index (χ0n) is 11.6. The molecule has 0 aliphatic rings. The molecule has 0 aliphatic carbocycles. The van der Waals surface area contributed by atoms with Gasteiger partial charge in [-0.2, -0.15) is 0 Å². The number of benzene rings is 1. The molecule has 2 amide bonds. The summed E-state index contributed by atoms with van der Waals surface area (Å²) in [4.78, 5) is 23.8. The van der Waals surface area contributed by atoms with Gasteiger partial charge in [-0.25, -0.2) is 4.79 Å². The average molecular weight is 264 g/mol. The molecule has 19 heavy (non-hydrogen) atoms. The van der Waals surface area contributed by atoms with E-state index in [1.807, 2.05) is 31.2 Å². The molecule has 0 heterocycles. The van der Waals surface area contributed by atoms with Gasteiger partial charge in [0.05, 0.1) is 0 Å². The lowest BCUT2D eigenvalue weighted by Crippen LogP contribution is -2.35. The van der Waals surface area contributed by atoms with Crippen LogP contribution in [0.1, 0.15) is 18.1 Å². The second-order valence-corrected chi connectivity index (χ2v) is 4.44. The van der Waals surface area contributed by atoms with Gasteiger partial charge in [0.25, 0.3) is 0 Å². The zero-order chi connectivity index (χ0) is 14.3. The van der Waals surface area contributed by atoms with Crippen LogP contribution in [0.5, 0.6) is 0 Å². The highest BCUT2D eigenvalue weighted by Gasteiger charge is 2.09. The molecule has 0 spiro atoms. The van der Waals surface area contributed by atoms with Gasteiger partial charge in [0.2, 0.25) is 5.91 Å². The topological polar surface area (TPSA) is 58.6 Å². The third-order valence-electron chi connectivity index (χ3n) is 2.62. The second-order valence-electron chi connectivity index (χ2n) is 4.44. The third-order valence-corrected chi connectivity index (χ3v) is 2.62. The first-order valence-electron chi connectivity index (χ1n) is 6.17. The molecule has 5 heteroatoms. The number of carbonyl (C=O) groups is 2. The number of nitrogens with zero attached hydrogens (tertiary/aromatic N) is 1. The smallest absolute Gasteiger partial charge is 0.409 e. The van der Waals surface area contributed by atoms with Gasteiger partial charge in [-0.05, 0) is 12.5 Å². The molecule has 5 nitrogen and oxygen atoms in total. The summed E-state index contributed by atoms with van der Waals surface area (Å²) in [6.07, 6.45) is -0.397. The van der Waals surface area contributed by atoms with Crippen molar-refractivity contribution in [3.05, 3.63) is 35.4 Å². The van der Waals surface area contributed by atoms with Gasteiger partial charge >= 0.3 is 6.09 Å². The van der Waals surface area contributed by atoms with Crippen molar-refractivity contribution >= 4 is 12.0 Å². The van der Waals surface area contributed by atoms with Crippen LogP contribution in [-0.2, 0) is 16.1 Å². The first kappa shape index (κ1) is 15.0. The maximum atomic E-state index is 11.7. The van der Waals surface area contributed by atoms with Crippen LogP contribution in [0.25, 0.3) is 0 Å². The summed E-state index contributed by atoms with van der Waals surface area (Å²) in [5.74, 6) is -0.110. The average Bonchev–Trinajstić information content (AvgIpc) is 2.37. The maximum Gasteiger partial charge on any atom is 0.409 e. The highest BCUT2D eigenvalue weighted by molar-refractivity contribution is 5.73. The predicted molar refractivity (Wildman–Crippen MR) is 72.7 cm³/mol. The molecule has 1 rings (SSSR count). The maximum absolute atomic E-state index is 11.7. The van der Waals surface area contributed by atoms with Crippen LogP contribution in [0.4, 0.5) is 4.79 Å². The van der Waals surface area contributed by atoms with Crippen molar-refractivity contribution in [1.29, 1.82) is 0 Å². The van der Waals surface area contributed by atoms with Gasteiger partial charge < -0.3 is 15.0 Å². The first-order valence-corrected chi connectivity index (χ1v) is 6.17. The zero-order valence-corrected chi connectivity index (χ0v) is 11.6. The molecule has 104 valence electrons. The fraction of sp³-hybridized carbons (Fsp3) is 0.429. The van der Waals surface area contributed by atoms with E-state index in [2.05, 4.69) is 5.32 Å². The van der Waals surface area contributed by atoms with Crippen molar-refractivity contribution < 1.29 is 14.3 Å². The van der Waals surface area contributed by atoms with E-state index in [4.69, 9.17) is 4.74 Å². The van der Waals surface area contributed by atoms with E-state index in [0.29, 0.717) is 13.1 Å². The lowest BCUT2D eigenvalue weighted by atomic mass is 10.2. The molecular weight excluding hydrogens is 244 g/mol. The molecule has 1 N–H and O–H groups in total. The van der Waals surface area contributed by atoms with Gasteiger partial charge in [-0.1, -0.05) is 29.8 Å². The van der Waals surface area contributed by atoms with E-state index in [0.717, 1.165) is 5.56 Å². The van der Waals surface area contributed by atoms with E-state index in [9.17, 15) is 9.59 Å². The third kappa shape index (κ3) is 5.90. The summed E-state index contributed by atoms with van der Waals surface area (Å²) in [5, 5.41) is 2.62. The summed E-state index contributed by atoms with van der Waals surface area (Å²) in [5.41, 5.74) is 2.12. The number of ether oxygens (including phenoxy) is 1. The quantitative estimate of drug-likeness (QED) is 0.880. The number of hydrogen-bond donors (Lipinski definition) is 1. The lowest BCUT2D eigenvalue weighted by Gasteiger charge is -2.17. The van der Waals surface area contributed by atoms with Crippen molar-refractivity contribution in [3.8, 4) is 0 Å². The van der Waals surface area contributed by atoms with Gasteiger partial charge in [-0.3, -0.25) is 4.79 Å². The van der Waals surface area contributed by atoms with E-state index in [1.54, 1.807) is 7.05 Å². The monoisotopic (exact) mass is 264 g/mol. The van der Waals surface area contributed by atoms with Gasteiger partial charge in [-0.15, -0.1) is 0 Å². The Labute approximate surface area is 113 Å². The molecular formula is C14H20N2O3. The number of hydrogen-bond acceptors (Lipinski definition) is 3. The molecule has 0 saturated heterocycles. The fourth-order valence-electron chi connectivity index (χ4n) is 1.43. The highest BCUT2D eigenvalue weighted by atomic mass is 16.6. The largest absolute Gasteiger partial charge is 0.445 e. The Morgan fingerprint density at radius 3 is 2.47 bits per heavy atom. The second kappa shape index (κ2) is 7.41. The summed E-state index contributed by atoms with van der Waals surface area (Å²) in [6.45, 7) is 4.54. The number of carbonyl (C=O) groups excluding carboxylic acids is 2. The van der Waals surface area contributed by atoms with Gasteiger partial charge in [0.15, 0.2) is 0 Å². The van der Waals surface area contributed by atoms with Crippen LogP contribution in [0, 0.1) is 6.92 Å². The Bertz CT molecular complexity index is 429. The van der Waals surface area contributed by atoms with Gasteiger partial charge in [0.1, 0.15) is 6.61 Å². The SMILES string of the molecule is CC(=O)NCCN(C)C(=O)OCc1ccc(C)cc1. The number of rotatable bonds is 5. The van der Waals surface area contributed by atoms with Crippen molar-refractivity contribution in [1.82, 2.24) is 10.2 Å². The van der Waals surface area contributed by atoms with Crippen LogP contribution >= 0.6 is 0 Å². The molecule has 0 bridgehead atoms. The molecule has 0 saturated carbocycles. The van der Waals surface area contributed by atoms with Crippen LogP contribution < -0.4 is 5.32 Å². The molecule has 0 aliphatic heterocycles. The minimum atomic E-state index is -0.397. The molecule has 0 aromatic heterocycles. The van der Waals surface area contributed by atoms with Crippen LogP contribution in [0.2, 0.25) is 0 Å². The summed E-state index contributed by atoms with van der Waals surface area (Å²) < 4.78 is 5.16. The highest BCUT2D eigenvalue weighted by Crippen LogP contribution is 2.05. The molecule has 0 fully saturated rings. The molecule has 0 unspecified atom stereocenters. The van der Waals surface area contributed by atoms with Gasteiger partial charge in [0, 0.05) is 27.1 Å². The Morgan fingerprint density at radius 1 is 1.26 bits per heavy atom. The minimum absolute atomic E-state index is 0.110. The fourth-order valence-corrected chi connectivity index (χ4v) is 1.43. The standard InChI is InChI=1S/C14H20N2O3/c1-11-4-6-13(7-5-11)10-19-14(18)16(3)9-8-15-12(2)17/h4-7H,8-10H2,1-3H3,(H,15,17). The Kier molecular flexibility index (Phi) is 5.85. The van der Waals surface area contributed by atoms with Crippen molar-refractivity contribution in [2.75, 3.05) is 20.1 Å². The first-order chi connectivity index (χ1) is 8.99. The number of aryl methyl sites for hydroxylation is 1. The lowest BCUT2D eigenvalue weighted by molar-refractivity contribution is -0.119. The molecule has 0 atom stereocenters. The Balaban J connectivity index is 2.30. The number of nitrogens with one attached hydrogen (secondary N) is 1. The van der Waals surface area contributed by atoms with Crippen molar-refractivity contribution in [2.24, 2.45) is 0 Å². The van der Waals surface area contributed by atoms with E-state index in [-0.39, 0.29) is 12.5 Å². The molecule has 0 radical (unpaired) electrons. The van der Waals surface area contributed by atoms with E-state index < -0.39 is 6.09 Å². The summed E-state index contributed by atoms with van der Waals surface area (Å²) in [7, 11) is 1.64.